The van der Waals surface area contributed by atoms with Gasteiger partial charge in [0.15, 0.2) is 0 Å². The molecule has 1 atom stereocenters. The second kappa shape index (κ2) is 6.76. The summed E-state index contributed by atoms with van der Waals surface area (Å²) in [5, 5.41) is 14.4. The molecule has 0 bridgehead atoms. The largest absolute Gasteiger partial charge is 0.322 e. The summed E-state index contributed by atoms with van der Waals surface area (Å²) < 4.78 is 26.5. The molecule has 0 saturated carbocycles. The Kier molecular flexibility index (Phi) is 4.51. The van der Waals surface area contributed by atoms with Crippen molar-refractivity contribution in [3.63, 3.8) is 0 Å². The average Bonchev–Trinajstić information content (AvgIpc) is 3.07. The molecule has 1 aromatic heterocycles. The molecule has 0 fully saturated rings. The fourth-order valence-electron chi connectivity index (χ4n) is 2.14. The molecule has 25 heavy (non-hydrogen) atoms. The Morgan fingerprint density at radius 3 is 2.56 bits per heavy atom. The Morgan fingerprint density at radius 2 is 1.88 bits per heavy atom. The van der Waals surface area contributed by atoms with Gasteiger partial charge in [-0.05, 0) is 31.2 Å². The minimum Gasteiger partial charge on any atom is -0.322 e. The molecule has 3 aromatic rings. The third-order valence-electron chi connectivity index (χ3n) is 3.65. The van der Waals surface area contributed by atoms with Crippen LogP contribution in [0.4, 0.5) is 14.5 Å². The third-order valence-corrected chi connectivity index (χ3v) is 3.65. The molecule has 2 aromatic carbocycles. The molecule has 3 rings (SSSR count). The molecule has 0 saturated heterocycles. The van der Waals surface area contributed by atoms with E-state index < -0.39 is 23.6 Å². The smallest absolute Gasteiger partial charge is 0.250 e. The number of benzene rings is 2. The van der Waals surface area contributed by atoms with Crippen LogP contribution in [0.2, 0.25) is 0 Å². The Balaban J connectivity index is 1.75. The summed E-state index contributed by atoms with van der Waals surface area (Å²) >= 11 is 0. The van der Waals surface area contributed by atoms with E-state index in [1.165, 1.54) is 0 Å². The van der Waals surface area contributed by atoms with Gasteiger partial charge in [0.2, 0.25) is 5.82 Å². The number of amides is 1. The van der Waals surface area contributed by atoms with Crippen molar-refractivity contribution < 1.29 is 13.6 Å². The molecule has 0 radical (unpaired) electrons. The van der Waals surface area contributed by atoms with Crippen LogP contribution in [0.3, 0.4) is 0 Å². The number of aryl methyl sites for hydroxylation is 1. The third kappa shape index (κ3) is 3.68. The molecule has 128 valence electrons. The normalized spacial score (nSPS) is 12.0. The summed E-state index contributed by atoms with van der Waals surface area (Å²) in [6.07, 6.45) is 0. The monoisotopic (exact) mass is 343 g/mol. The topological polar surface area (TPSA) is 72.7 Å². The van der Waals surface area contributed by atoms with E-state index in [1.807, 2.05) is 31.2 Å². The second-order valence-corrected chi connectivity index (χ2v) is 5.59. The number of anilines is 1. The van der Waals surface area contributed by atoms with Crippen molar-refractivity contribution in [2.45, 2.75) is 19.9 Å². The van der Waals surface area contributed by atoms with Crippen molar-refractivity contribution in [1.82, 2.24) is 20.2 Å². The van der Waals surface area contributed by atoms with Crippen molar-refractivity contribution in [3.05, 3.63) is 59.7 Å². The minimum absolute atomic E-state index is 0.114. The zero-order valence-electron chi connectivity index (χ0n) is 13.6. The highest BCUT2D eigenvalue weighted by atomic mass is 19.1. The van der Waals surface area contributed by atoms with Crippen LogP contribution in [0.1, 0.15) is 18.5 Å². The number of nitrogens with zero attached hydrogens (tertiary/aromatic N) is 4. The first-order valence-electron chi connectivity index (χ1n) is 7.56. The second-order valence-electron chi connectivity index (χ2n) is 5.59. The lowest BCUT2D eigenvalue weighted by Gasteiger charge is -2.11. The highest BCUT2D eigenvalue weighted by Gasteiger charge is 2.20. The van der Waals surface area contributed by atoms with Crippen LogP contribution >= 0.6 is 0 Å². The molecule has 0 aliphatic carbocycles. The summed E-state index contributed by atoms with van der Waals surface area (Å²) in [5.41, 5.74) is 1.76. The predicted octanol–water partition coefficient (Wildman–Crippen LogP) is 3.13. The molecule has 1 N–H and O–H groups in total. The van der Waals surface area contributed by atoms with Gasteiger partial charge < -0.3 is 5.32 Å². The fourth-order valence-corrected chi connectivity index (χ4v) is 2.14. The van der Waals surface area contributed by atoms with Crippen LogP contribution in [0.15, 0.2) is 42.5 Å². The maximum atomic E-state index is 13.6. The number of tetrazole rings is 1. The first-order chi connectivity index (χ1) is 11.9. The number of hydrogen-bond donors (Lipinski definition) is 1. The van der Waals surface area contributed by atoms with Gasteiger partial charge in [-0.25, -0.2) is 8.78 Å². The van der Waals surface area contributed by atoms with E-state index in [4.69, 9.17) is 0 Å². The first kappa shape index (κ1) is 16.7. The molecule has 1 unspecified atom stereocenters. The molecule has 0 aliphatic rings. The molecular formula is C17H15F2N5O. The van der Waals surface area contributed by atoms with Crippen LogP contribution in [-0.2, 0) is 4.79 Å². The number of carbonyl (C=O) groups is 1. The summed E-state index contributed by atoms with van der Waals surface area (Å²) in [7, 11) is 0. The van der Waals surface area contributed by atoms with E-state index in [-0.39, 0.29) is 5.69 Å². The van der Waals surface area contributed by atoms with Gasteiger partial charge in [0.05, 0.1) is 5.69 Å². The van der Waals surface area contributed by atoms with Crippen LogP contribution < -0.4 is 5.32 Å². The zero-order valence-corrected chi connectivity index (χ0v) is 13.6. The molecule has 1 amide bonds. The van der Waals surface area contributed by atoms with Crippen LogP contribution in [0.5, 0.6) is 0 Å². The standard InChI is InChI=1S/C17H15F2N5O/c1-10-3-5-12(6-4-10)16-21-23-24(22-16)11(2)17(25)20-15-8-7-13(18)9-14(15)19/h3-9,11H,1-2H3,(H,20,25). The van der Waals surface area contributed by atoms with Gasteiger partial charge in [0, 0.05) is 11.6 Å². The lowest BCUT2D eigenvalue weighted by molar-refractivity contribution is -0.119. The van der Waals surface area contributed by atoms with Crippen LogP contribution in [0.25, 0.3) is 11.4 Å². The lowest BCUT2D eigenvalue weighted by Crippen LogP contribution is -2.25. The van der Waals surface area contributed by atoms with Crippen molar-refractivity contribution >= 4 is 11.6 Å². The lowest BCUT2D eigenvalue weighted by atomic mass is 10.1. The fraction of sp³-hybridized carbons (Fsp3) is 0.176. The van der Waals surface area contributed by atoms with Gasteiger partial charge in [0.1, 0.15) is 17.7 Å². The van der Waals surface area contributed by atoms with Gasteiger partial charge in [0.25, 0.3) is 5.91 Å². The van der Waals surface area contributed by atoms with Crippen molar-refractivity contribution in [2.24, 2.45) is 0 Å². The van der Waals surface area contributed by atoms with Crippen molar-refractivity contribution in [1.29, 1.82) is 0 Å². The quantitative estimate of drug-likeness (QED) is 0.790. The highest BCUT2D eigenvalue weighted by molar-refractivity contribution is 5.93. The zero-order chi connectivity index (χ0) is 18.0. The van der Waals surface area contributed by atoms with Crippen molar-refractivity contribution in [2.75, 3.05) is 5.32 Å². The molecule has 1 heterocycles. The summed E-state index contributed by atoms with van der Waals surface area (Å²) in [4.78, 5) is 13.4. The number of hydrogen-bond acceptors (Lipinski definition) is 4. The number of aromatic nitrogens is 4. The van der Waals surface area contributed by atoms with Crippen LogP contribution in [-0.4, -0.2) is 26.1 Å². The number of nitrogens with one attached hydrogen (secondary N) is 1. The van der Waals surface area contributed by atoms with Crippen LogP contribution in [0, 0.1) is 18.6 Å². The Hall–Kier alpha value is -3.16. The number of rotatable bonds is 4. The van der Waals surface area contributed by atoms with E-state index in [1.54, 1.807) is 6.92 Å². The van der Waals surface area contributed by atoms with Gasteiger partial charge >= 0.3 is 0 Å². The number of halogens is 2. The molecule has 0 aliphatic heterocycles. The van der Waals surface area contributed by atoms with E-state index >= 15 is 0 Å². The number of carbonyl (C=O) groups excluding carboxylic acids is 1. The predicted molar refractivity (Wildman–Crippen MR) is 87.7 cm³/mol. The first-order valence-corrected chi connectivity index (χ1v) is 7.56. The van der Waals surface area contributed by atoms with Gasteiger partial charge in [-0.2, -0.15) is 4.80 Å². The maximum Gasteiger partial charge on any atom is 0.250 e. The van der Waals surface area contributed by atoms with E-state index in [2.05, 4.69) is 20.7 Å². The Labute approximate surface area is 142 Å². The molecule has 6 nitrogen and oxygen atoms in total. The molecule has 8 heteroatoms. The average molecular weight is 343 g/mol. The Morgan fingerprint density at radius 1 is 1.16 bits per heavy atom. The van der Waals surface area contributed by atoms with E-state index in [9.17, 15) is 13.6 Å². The van der Waals surface area contributed by atoms with Crippen molar-refractivity contribution in [3.8, 4) is 11.4 Å². The summed E-state index contributed by atoms with van der Waals surface area (Å²) in [6, 6.07) is 9.64. The molecular weight excluding hydrogens is 328 g/mol. The SMILES string of the molecule is Cc1ccc(-c2nnn(C(C)C(=O)Nc3ccc(F)cc3F)n2)cc1. The van der Waals surface area contributed by atoms with E-state index in [0.717, 1.165) is 28.1 Å². The van der Waals surface area contributed by atoms with Gasteiger partial charge in [-0.15, -0.1) is 10.2 Å². The van der Waals surface area contributed by atoms with Gasteiger partial charge in [-0.3, -0.25) is 4.79 Å². The van der Waals surface area contributed by atoms with Gasteiger partial charge in [-0.1, -0.05) is 29.8 Å². The summed E-state index contributed by atoms with van der Waals surface area (Å²) in [6.45, 7) is 3.52. The molecule has 0 spiro atoms. The summed E-state index contributed by atoms with van der Waals surface area (Å²) in [5.74, 6) is -1.73. The minimum atomic E-state index is -0.854. The van der Waals surface area contributed by atoms with E-state index in [0.29, 0.717) is 11.9 Å². The maximum absolute atomic E-state index is 13.6. The highest BCUT2D eigenvalue weighted by Crippen LogP contribution is 2.18. The Bertz CT molecular complexity index is 908.